The van der Waals surface area contributed by atoms with Crippen LogP contribution in [-0.2, 0) is 13.1 Å². The standard InChI is InChI=1S/C17H23N5O/c1-23-17-3-2-13(6-15(17)10-22-12-19-11-20-22)9-21-5-4-14-7-18-8-16(14)21/h2-3,6,11-12,14,16,18H,4-5,7-10H2,1H3/t14-,16+/m0/s1. The molecule has 2 aliphatic rings. The van der Waals surface area contributed by atoms with Crippen molar-refractivity contribution in [1.29, 1.82) is 0 Å². The number of nitrogens with one attached hydrogen (secondary N) is 1. The van der Waals surface area contributed by atoms with Crippen LogP contribution in [0, 0.1) is 5.92 Å². The number of nitrogens with zero attached hydrogens (tertiary/aromatic N) is 4. The molecule has 6 nitrogen and oxygen atoms in total. The van der Waals surface area contributed by atoms with E-state index in [1.807, 2.05) is 4.68 Å². The van der Waals surface area contributed by atoms with Crippen LogP contribution in [0.15, 0.2) is 30.9 Å². The smallest absolute Gasteiger partial charge is 0.137 e. The molecule has 6 heteroatoms. The zero-order valence-electron chi connectivity index (χ0n) is 13.5. The molecule has 122 valence electrons. The van der Waals surface area contributed by atoms with Crippen molar-refractivity contribution in [1.82, 2.24) is 25.0 Å². The molecule has 1 N–H and O–H groups in total. The van der Waals surface area contributed by atoms with Gasteiger partial charge in [0.2, 0.25) is 0 Å². The SMILES string of the molecule is COc1ccc(CN2CC[C@H]3CNC[C@H]32)cc1Cn1cncn1. The van der Waals surface area contributed by atoms with E-state index in [1.165, 1.54) is 25.1 Å². The Labute approximate surface area is 136 Å². The molecule has 0 aliphatic carbocycles. The highest BCUT2D eigenvalue weighted by atomic mass is 16.5. The van der Waals surface area contributed by atoms with E-state index in [1.54, 1.807) is 19.8 Å². The van der Waals surface area contributed by atoms with Crippen molar-refractivity contribution < 1.29 is 4.74 Å². The molecule has 1 aromatic carbocycles. The Kier molecular flexibility index (Phi) is 4.01. The van der Waals surface area contributed by atoms with Crippen LogP contribution < -0.4 is 10.1 Å². The maximum Gasteiger partial charge on any atom is 0.137 e. The van der Waals surface area contributed by atoms with Crippen LogP contribution in [0.25, 0.3) is 0 Å². The van der Waals surface area contributed by atoms with Gasteiger partial charge in [-0.3, -0.25) is 4.90 Å². The Bertz CT molecular complexity index is 657. The first-order valence-corrected chi connectivity index (χ1v) is 8.26. The monoisotopic (exact) mass is 313 g/mol. The van der Waals surface area contributed by atoms with Crippen molar-refractivity contribution in [2.24, 2.45) is 5.92 Å². The number of hydrogen-bond acceptors (Lipinski definition) is 5. The van der Waals surface area contributed by atoms with Crippen LogP contribution in [0.4, 0.5) is 0 Å². The molecule has 0 radical (unpaired) electrons. The van der Waals surface area contributed by atoms with Crippen LogP contribution in [0.2, 0.25) is 0 Å². The van der Waals surface area contributed by atoms with E-state index in [0.717, 1.165) is 30.3 Å². The van der Waals surface area contributed by atoms with Gasteiger partial charge < -0.3 is 10.1 Å². The minimum atomic E-state index is 0.685. The molecule has 23 heavy (non-hydrogen) atoms. The molecule has 0 unspecified atom stereocenters. The van der Waals surface area contributed by atoms with Gasteiger partial charge in [-0.2, -0.15) is 5.10 Å². The highest BCUT2D eigenvalue weighted by Crippen LogP contribution is 2.29. The number of hydrogen-bond donors (Lipinski definition) is 1. The van der Waals surface area contributed by atoms with Gasteiger partial charge in [-0.1, -0.05) is 6.07 Å². The number of fused-ring (bicyclic) bond motifs is 1. The molecule has 3 heterocycles. The second-order valence-electron chi connectivity index (χ2n) is 6.48. The molecule has 2 fully saturated rings. The van der Waals surface area contributed by atoms with Gasteiger partial charge in [0, 0.05) is 24.7 Å². The fraction of sp³-hybridized carbons (Fsp3) is 0.529. The minimum Gasteiger partial charge on any atom is -0.496 e. The largest absolute Gasteiger partial charge is 0.496 e. The predicted molar refractivity (Wildman–Crippen MR) is 87.3 cm³/mol. The summed E-state index contributed by atoms with van der Waals surface area (Å²) < 4.78 is 7.33. The summed E-state index contributed by atoms with van der Waals surface area (Å²) in [6, 6.07) is 7.20. The predicted octanol–water partition coefficient (Wildman–Crippen LogP) is 1.13. The van der Waals surface area contributed by atoms with Gasteiger partial charge in [-0.15, -0.1) is 0 Å². The van der Waals surface area contributed by atoms with Crippen LogP contribution in [0.5, 0.6) is 5.75 Å². The molecule has 0 saturated carbocycles. The van der Waals surface area contributed by atoms with E-state index in [9.17, 15) is 0 Å². The Morgan fingerprint density at radius 2 is 2.26 bits per heavy atom. The van der Waals surface area contributed by atoms with Gasteiger partial charge in [0.25, 0.3) is 0 Å². The molecule has 0 bridgehead atoms. The highest BCUT2D eigenvalue weighted by molar-refractivity contribution is 5.37. The lowest BCUT2D eigenvalue weighted by atomic mass is 10.0. The minimum absolute atomic E-state index is 0.685. The fourth-order valence-corrected chi connectivity index (χ4v) is 3.91. The zero-order valence-corrected chi connectivity index (χ0v) is 13.5. The van der Waals surface area contributed by atoms with Crippen LogP contribution >= 0.6 is 0 Å². The molecule has 0 amide bonds. The first-order chi connectivity index (χ1) is 11.3. The molecular formula is C17H23N5O. The Morgan fingerprint density at radius 1 is 1.30 bits per heavy atom. The van der Waals surface area contributed by atoms with E-state index in [4.69, 9.17) is 4.74 Å². The lowest BCUT2D eigenvalue weighted by Crippen LogP contribution is -2.33. The van der Waals surface area contributed by atoms with Crippen molar-refractivity contribution in [3.05, 3.63) is 42.0 Å². The number of ether oxygens (including phenoxy) is 1. The molecular weight excluding hydrogens is 290 g/mol. The fourth-order valence-electron chi connectivity index (χ4n) is 3.91. The van der Waals surface area contributed by atoms with E-state index < -0.39 is 0 Å². The van der Waals surface area contributed by atoms with Crippen molar-refractivity contribution in [2.45, 2.75) is 25.6 Å². The van der Waals surface area contributed by atoms with Gasteiger partial charge in [-0.05, 0) is 43.1 Å². The maximum atomic E-state index is 5.50. The highest BCUT2D eigenvalue weighted by Gasteiger charge is 2.37. The van der Waals surface area contributed by atoms with E-state index in [-0.39, 0.29) is 0 Å². The van der Waals surface area contributed by atoms with Gasteiger partial charge in [0.05, 0.1) is 13.7 Å². The van der Waals surface area contributed by atoms with Crippen molar-refractivity contribution >= 4 is 0 Å². The second-order valence-corrected chi connectivity index (χ2v) is 6.48. The molecule has 2 aromatic rings. The summed E-state index contributed by atoms with van der Waals surface area (Å²) in [6.45, 7) is 5.22. The summed E-state index contributed by atoms with van der Waals surface area (Å²) in [5, 5.41) is 7.71. The molecule has 2 aliphatic heterocycles. The molecule has 1 aromatic heterocycles. The number of aromatic nitrogens is 3. The van der Waals surface area contributed by atoms with Gasteiger partial charge in [-0.25, -0.2) is 9.67 Å². The maximum absolute atomic E-state index is 5.50. The third-order valence-corrected chi connectivity index (χ3v) is 5.09. The summed E-state index contributed by atoms with van der Waals surface area (Å²) in [4.78, 5) is 6.63. The first kappa shape index (κ1) is 14.7. The van der Waals surface area contributed by atoms with Crippen molar-refractivity contribution in [3.8, 4) is 5.75 Å². The number of methoxy groups -OCH3 is 1. The quantitative estimate of drug-likeness (QED) is 0.897. The molecule has 2 saturated heterocycles. The summed E-state index contributed by atoms with van der Waals surface area (Å²) in [5.74, 6) is 1.74. The first-order valence-electron chi connectivity index (χ1n) is 8.26. The lowest BCUT2D eigenvalue weighted by molar-refractivity contribution is 0.244. The van der Waals surface area contributed by atoms with Crippen LogP contribution in [0.1, 0.15) is 17.5 Å². The van der Waals surface area contributed by atoms with E-state index >= 15 is 0 Å². The van der Waals surface area contributed by atoms with Crippen molar-refractivity contribution in [2.75, 3.05) is 26.7 Å². The van der Waals surface area contributed by atoms with Crippen molar-refractivity contribution in [3.63, 3.8) is 0 Å². The third-order valence-electron chi connectivity index (χ3n) is 5.09. The zero-order chi connectivity index (χ0) is 15.6. The van der Waals surface area contributed by atoms with E-state index in [2.05, 4.69) is 38.5 Å². The summed E-state index contributed by atoms with van der Waals surface area (Å²) >= 11 is 0. The number of likely N-dealkylation sites (tertiary alicyclic amines) is 1. The van der Waals surface area contributed by atoms with Gasteiger partial charge in [0.15, 0.2) is 0 Å². The summed E-state index contributed by atoms with van der Waals surface area (Å²) in [5.41, 5.74) is 2.49. The molecule has 0 spiro atoms. The summed E-state index contributed by atoms with van der Waals surface area (Å²) in [6.07, 6.45) is 4.62. The second kappa shape index (κ2) is 6.29. The normalized spacial score (nSPS) is 24.0. The average molecular weight is 313 g/mol. The van der Waals surface area contributed by atoms with E-state index in [0.29, 0.717) is 12.6 Å². The Balaban J connectivity index is 1.52. The number of benzene rings is 1. The van der Waals surface area contributed by atoms with Crippen LogP contribution in [0.3, 0.4) is 0 Å². The van der Waals surface area contributed by atoms with Crippen LogP contribution in [-0.4, -0.2) is 52.5 Å². The number of rotatable bonds is 5. The van der Waals surface area contributed by atoms with Gasteiger partial charge in [0.1, 0.15) is 18.4 Å². The van der Waals surface area contributed by atoms with Gasteiger partial charge >= 0.3 is 0 Å². The third kappa shape index (κ3) is 2.96. The molecule has 4 rings (SSSR count). The Hall–Kier alpha value is -1.92. The molecule has 2 atom stereocenters. The Morgan fingerprint density at radius 3 is 3.09 bits per heavy atom. The summed E-state index contributed by atoms with van der Waals surface area (Å²) in [7, 11) is 1.72. The lowest BCUT2D eigenvalue weighted by Gasteiger charge is -2.23. The topological polar surface area (TPSA) is 55.2 Å². The average Bonchev–Trinajstić information content (AvgIpc) is 3.27.